The maximum Gasteiger partial charge on any atom is 0.109 e. The fourth-order valence-electron chi connectivity index (χ4n) is 3.48. The Kier molecular flexibility index (Phi) is 7.02. The predicted molar refractivity (Wildman–Crippen MR) is 117 cm³/mol. The molecular weight excluding hydrogens is 357 g/mol. The summed E-state index contributed by atoms with van der Waals surface area (Å²) >= 11 is 0. The van der Waals surface area contributed by atoms with E-state index in [2.05, 4.69) is 92.4 Å². The van der Waals surface area contributed by atoms with E-state index in [-0.39, 0.29) is 23.9 Å². The third-order valence-electron chi connectivity index (χ3n) is 5.14. The molecule has 1 nitrogen and oxygen atoms in total. The van der Waals surface area contributed by atoms with Crippen molar-refractivity contribution in [1.82, 2.24) is 4.90 Å². The first kappa shape index (κ1) is 21.4. The van der Waals surface area contributed by atoms with Crippen molar-refractivity contribution in [2.24, 2.45) is 0 Å². The van der Waals surface area contributed by atoms with E-state index in [1.165, 1.54) is 21.9 Å². The molecule has 0 amide bonds. The van der Waals surface area contributed by atoms with Crippen molar-refractivity contribution in [3.8, 4) is 0 Å². The van der Waals surface area contributed by atoms with Gasteiger partial charge in [-0.3, -0.25) is 4.90 Å². The summed E-state index contributed by atoms with van der Waals surface area (Å²) < 4.78 is 13.9. The molecule has 0 saturated carbocycles. The molecule has 0 radical (unpaired) electrons. The highest BCUT2D eigenvalue weighted by atomic mass is 35.5. The monoisotopic (exact) mass is 385 g/mol. The first-order chi connectivity index (χ1) is 12.4. The molecule has 0 unspecified atom stereocenters. The molecule has 0 N–H and O–H groups in total. The third kappa shape index (κ3) is 4.88. The molecule has 0 aliphatic carbocycles. The van der Waals surface area contributed by atoms with E-state index < -0.39 is 6.67 Å². The molecule has 0 aliphatic rings. The molecule has 3 rings (SSSR count). The van der Waals surface area contributed by atoms with Crippen LogP contribution in [0.25, 0.3) is 10.8 Å². The zero-order valence-electron chi connectivity index (χ0n) is 16.6. The zero-order chi connectivity index (χ0) is 18.7. The maximum atomic E-state index is 13.9. The van der Waals surface area contributed by atoms with E-state index in [1.54, 1.807) is 0 Å². The van der Waals surface area contributed by atoms with E-state index in [0.717, 1.165) is 12.1 Å². The quantitative estimate of drug-likeness (QED) is 0.472. The van der Waals surface area contributed by atoms with E-state index in [0.29, 0.717) is 0 Å². The topological polar surface area (TPSA) is 3.24 Å². The van der Waals surface area contributed by atoms with Crippen molar-refractivity contribution in [3.05, 3.63) is 83.4 Å². The smallest absolute Gasteiger partial charge is 0.109 e. The highest BCUT2D eigenvalue weighted by molar-refractivity contribution is 5.86. The average Bonchev–Trinajstić information content (AvgIpc) is 2.62. The molecule has 3 heteroatoms. The Labute approximate surface area is 168 Å². The Morgan fingerprint density at radius 3 is 2.15 bits per heavy atom. The van der Waals surface area contributed by atoms with Crippen molar-refractivity contribution in [3.63, 3.8) is 0 Å². The lowest BCUT2D eigenvalue weighted by Gasteiger charge is -2.27. The summed E-state index contributed by atoms with van der Waals surface area (Å²) in [6.45, 7) is 6.91. The average molecular weight is 386 g/mol. The van der Waals surface area contributed by atoms with E-state index in [9.17, 15) is 4.39 Å². The van der Waals surface area contributed by atoms with Crippen LogP contribution in [0.1, 0.15) is 43.5 Å². The van der Waals surface area contributed by atoms with Gasteiger partial charge < -0.3 is 0 Å². The van der Waals surface area contributed by atoms with Gasteiger partial charge in [0, 0.05) is 6.54 Å². The van der Waals surface area contributed by atoms with Crippen LogP contribution in [0.15, 0.2) is 66.7 Å². The molecule has 0 saturated heterocycles. The van der Waals surface area contributed by atoms with Crippen molar-refractivity contribution < 1.29 is 4.39 Å². The largest absolute Gasteiger partial charge is 0.293 e. The molecule has 0 fully saturated rings. The van der Waals surface area contributed by atoms with Gasteiger partial charge in [0.25, 0.3) is 0 Å². The number of hydrogen-bond donors (Lipinski definition) is 0. The number of hydrogen-bond acceptors (Lipinski definition) is 1. The first-order valence-corrected chi connectivity index (χ1v) is 9.23. The van der Waals surface area contributed by atoms with E-state index in [4.69, 9.17) is 0 Å². The third-order valence-corrected chi connectivity index (χ3v) is 5.14. The fraction of sp³-hybridized carbons (Fsp3) is 0.333. The summed E-state index contributed by atoms with van der Waals surface area (Å²) in [7, 11) is 2.00. The number of benzene rings is 3. The van der Waals surface area contributed by atoms with Crippen molar-refractivity contribution in [2.75, 3.05) is 13.7 Å². The Morgan fingerprint density at radius 1 is 0.889 bits per heavy atom. The summed E-state index contributed by atoms with van der Waals surface area (Å²) in [5.41, 5.74) is 3.65. The Hall–Kier alpha value is -1.90. The lowest BCUT2D eigenvalue weighted by atomic mass is 9.86. The molecule has 27 heavy (non-hydrogen) atoms. The predicted octanol–water partition coefficient (Wildman–Crippen LogP) is 6.70. The second kappa shape index (κ2) is 8.86. The number of fused-ring (bicyclic) bond motifs is 1. The lowest BCUT2D eigenvalue weighted by Crippen LogP contribution is -2.26. The molecule has 0 bridgehead atoms. The lowest BCUT2D eigenvalue weighted by molar-refractivity contribution is 0.196. The van der Waals surface area contributed by atoms with E-state index in [1.807, 2.05) is 7.05 Å². The number of halogens is 2. The standard InChI is InChI=1S/C24H28FN.ClH/c1-24(2,3)21-14-12-19(13-15-21)23(16-25)26(4)17-20-10-7-9-18-8-5-6-11-22(18)20;/h5-15,23H,16-17H2,1-4H3;1H/t23-;/m1./s1. The van der Waals surface area contributed by atoms with Crippen LogP contribution < -0.4 is 0 Å². The molecular formula is C24H29ClFN. The Morgan fingerprint density at radius 2 is 1.52 bits per heavy atom. The van der Waals surface area contributed by atoms with Gasteiger partial charge in [-0.2, -0.15) is 0 Å². The second-order valence-electron chi connectivity index (χ2n) is 8.10. The molecule has 144 valence electrons. The number of alkyl halides is 1. The van der Waals surface area contributed by atoms with Crippen molar-refractivity contribution in [2.45, 2.75) is 38.8 Å². The van der Waals surface area contributed by atoms with Gasteiger partial charge in [-0.25, -0.2) is 4.39 Å². The minimum atomic E-state index is -0.393. The van der Waals surface area contributed by atoms with Crippen LogP contribution >= 0.6 is 12.4 Å². The summed E-state index contributed by atoms with van der Waals surface area (Å²) in [4.78, 5) is 2.11. The summed E-state index contributed by atoms with van der Waals surface area (Å²) in [5, 5.41) is 2.47. The normalized spacial score (nSPS) is 12.8. The van der Waals surface area contributed by atoms with Crippen LogP contribution in [-0.4, -0.2) is 18.6 Å². The molecule has 0 aliphatic heterocycles. The Bertz CT molecular complexity index is 862. The maximum absolute atomic E-state index is 13.9. The molecule has 0 heterocycles. The van der Waals surface area contributed by atoms with Crippen molar-refractivity contribution in [1.29, 1.82) is 0 Å². The molecule has 1 atom stereocenters. The van der Waals surface area contributed by atoms with Gasteiger partial charge in [0.1, 0.15) is 6.67 Å². The van der Waals surface area contributed by atoms with Crippen LogP contribution in [-0.2, 0) is 12.0 Å². The summed E-state index contributed by atoms with van der Waals surface area (Å²) in [6, 6.07) is 22.9. The van der Waals surface area contributed by atoms with Gasteiger partial charge in [0.05, 0.1) is 6.04 Å². The molecule has 0 aromatic heterocycles. The molecule has 3 aromatic carbocycles. The van der Waals surface area contributed by atoms with Crippen LogP contribution in [0.4, 0.5) is 4.39 Å². The Balaban J connectivity index is 0.00000261. The van der Waals surface area contributed by atoms with Crippen molar-refractivity contribution >= 4 is 23.2 Å². The van der Waals surface area contributed by atoms with Gasteiger partial charge in [0.2, 0.25) is 0 Å². The second-order valence-corrected chi connectivity index (χ2v) is 8.10. The highest BCUT2D eigenvalue weighted by Crippen LogP contribution is 2.28. The minimum absolute atomic E-state index is 0. The molecule has 3 aromatic rings. The summed E-state index contributed by atoms with van der Waals surface area (Å²) in [5.74, 6) is 0. The summed E-state index contributed by atoms with van der Waals surface area (Å²) in [6.07, 6.45) is 0. The number of rotatable bonds is 5. The van der Waals surface area contributed by atoms with Crippen LogP contribution in [0, 0.1) is 0 Å². The fourth-order valence-corrected chi connectivity index (χ4v) is 3.48. The SMILES string of the molecule is CN(Cc1cccc2ccccc12)[C@H](CF)c1ccc(C(C)(C)C)cc1.Cl. The number of nitrogens with zero attached hydrogens (tertiary/aromatic N) is 1. The van der Waals surface area contributed by atoms with Gasteiger partial charge in [-0.05, 0) is 39.9 Å². The van der Waals surface area contributed by atoms with Crippen LogP contribution in [0.5, 0.6) is 0 Å². The molecule has 0 spiro atoms. The van der Waals surface area contributed by atoms with Gasteiger partial charge in [-0.1, -0.05) is 87.5 Å². The van der Waals surface area contributed by atoms with Gasteiger partial charge in [0.15, 0.2) is 0 Å². The highest BCUT2D eigenvalue weighted by Gasteiger charge is 2.19. The zero-order valence-corrected chi connectivity index (χ0v) is 17.4. The van der Waals surface area contributed by atoms with Crippen LogP contribution in [0.3, 0.4) is 0 Å². The van der Waals surface area contributed by atoms with Crippen LogP contribution in [0.2, 0.25) is 0 Å². The van der Waals surface area contributed by atoms with E-state index >= 15 is 0 Å². The minimum Gasteiger partial charge on any atom is -0.293 e. The van der Waals surface area contributed by atoms with Gasteiger partial charge in [-0.15, -0.1) is 12.4 Å². The first-order valence-electron chi connectivity index (χ1n) is 9.23. The van der Waals surface area contributed by atoms with Gasteiger partial charge >= 0.3 is 0 Å².